The molecule has 2 aromatic heterocycles. The van der Waals surface area contributed by atoms with E-state index in [1.165, 1.54) is 17.0 Å². The van der Waals surface area contributed by atoms with Gasteiger partial charge in [-0.2, -0.15) is 0 Å². The Morgan fingerprint density at radius 2 is 1.79 bits per heavy atom. The number of piperazine rings is 1. The first-order valence-corrected chi connectivity index (χ1v) is 14.5. The van der Waals surface area contributed by atoms with Gasteiger partial charge in [-0.15, -0.1) is 11.3 Å². The number of aromatic hydroxyl groups is 1. The van der Waals surface area contributed by atoms with Gasteiger partial charge in [0.05, 0.1) is 22.5 Å². The highest BCUT2D eigenvalue weighted by molar-refractivity contribution is 7.12. The van der Waals surface area contributed by atoms with Crippen LogP contribution >= 0.6 is 11.3 Å². The van der Waals surface area contributed by atoms with Gasteiger partial charge in [-0.05, 0) is 56.4 Å². The van der Waals surface area contributed by atoms with Crippen molar-refractivity contribution < 1.29 is 14.7 Å². The van der Waals surface area contributed by atoms with Gasteiger partial charge >= 0.3 is 0 Å². The third kappa shape index (κ3) is 5.67. The molecule has 5 aromatic rings. The Hall–Kier alpha value is -4.80. The minimum Gasteiger partial charge on any atom is -0.494 e. The Labute approximate surface area is 247 Å². The highest BCUT2D eigenvalue weighted by atomic mass is 32.1. The highest BCUT2D eigenvalue weighted by Gasteiger charge is 2.17. The van der Waals surface area contributed by atoms with Gasteiger partial charge in [-0.1, -0.05) is 24.3 Å². The van der Waals surface area contributed by atoms with E-state index in [1.807, 2.05) is 12.1 Å². The molecule has 9 nitrogen and oxygen atoms in total. The van der Waals surface area contributed by atoms with Crippen LogP contribution in [-0.4, -0.2) is 71.1 Å². The van der Waals surface area contributed by atoms with Crippen molar-refractivity contribution in [3.8, 4) is 5.88 Å². The maximum atomic E-state index is 13.3. The number of aromatic amines is 1. The molecule has 1 amide bonds. The number of carbonyl (C=O) groups excluding carboxylic acids is 2. The Bertz CT molecular complexity index is 1800. The number of aryl methyl sites for hydroxylation is 1. The molecule has 0 bridgehead atoms. The number of aliphatic imine (C=N–C) groups is 1. The maximum absolute atomic E-state index is 13.3. The third-order valence-electron chi connectivity index (χ3n) is 7.48. The van der Waals surface area contributed by atoms with Crippen molar-refractivity contribution in [2.75, 3.05) is 43.4 Å². The molecule has 0 atom stereocenters. The lowest BCUT2D eigenvalue weighted by atomic mass is 10.0. The monoisotopic (exact) mass is 578 g/mol. The normalized spacial score (nSPS) is 14.1. The lowest BCUT2D eigenvalue weighted by Crippen LogP contribution is -2.44. The summed E-state index contributed by atoms with van der Waals surface area (Å²) in [7, 11) is 2.14. The second-order valence-electron chi connectivity index (χ2n) is 10.3. The van der Waals surface area contributed by atoms with E-state index in [9.17, 15) is 14.7 Å². The number of nitrogens with one attached hydrogen (secondary N) is 2. The summed E-state index contributed by atoms with van der Waals surface area (Å²) in [4.78, 5) is 42.8. The van der Waals surface area contributed by atoms with E-state index in [0.717, 1.165) is 37.3 Å². The minimum absolute atomic E-state index is 0.0181. The van der Waals surface area contributed by atoms with Gasteiger partial charge in [-0.25, -0.2) is 4.98 Å². The molecule has 6 rings (SSSR count). The number of carbonyl (C=O) groups is 2. The van der Waals surface area contributed by atoms with Crippen LogP contribution in [0.2, 0.25) is 0 Å². The SMILES string of the molecule is Cc1ncsc1C(=O)Nc1cccc(C(=O)c2ccc3c(C=Nc4ccc(N5CCN(C)CC5)cc4)c(O)[nH]c3c2)c1. The zero-order valence-corrected chi connectivity index (χ0v) is 24.1. The maximum Gasteiger partial charge on any atom is 0.267 e. The first-order chi connectivity index (χ1) is 20.4. The van der Waals surface area contributed by atoms with Crippen molar-refractivity contribution in [1.82, 2.24) is 14.9 Å². The van der Waals surface area contributed by atoms with Crippen LogP contribution in [0.1, 0.15) is 36.9 Å². The summed E-state index contributed by atoms with van der Waals surface area (Å²) in [5.74, 6) is -0.481. The van der Waals surface area contributed by atoms with Gasteiger partial charge < -0.3 is 25.2 Å². The molecule has 212 valence electrons. The summed E-state index contributed by atoms with van der Waals surface area (Å²) in [5, 5.41) is 14.2. The van der Waals surface area contributed by atoms with Crippen molar-refractivity contribution in [2.24, 2.45) is 4.99 Å². The smallest absolute Gasteiger partial charge is 0.267 e. The number of ketones is 1. The highest BCUT2D eigenvalue weighted by Crippen LogP contribution is 2.29. The molecule has 0 saturated carbocycles. The Morgan fingerprint density at radius 3 is 2.52 bits per heavy atom. The lowest BCUT2D eigenvalue weighted by Gasteiger charge is -2.34. The number of benzene rings is 3. The standard InChI is InChI=1S/C32H30N6O3S/c1-20-30(42-19-34-20)32(41)35-24-5-3-4-21(16-24)29(39)22-6-11-26-27(31(40)36-28(26)17-22)18-33-23-7-9-25(10-8-23)38-14-12-37(2)13-15-38/h3-11,16-19,36,40H,12-15H2,1-2H3,(H,35,41). The molecule has 10 heteroatoms. The molecule has 1 fully saturated rings. The fourth-order valence-corrected chi connectivity index (χ4v) is 5.74. The number of likely N-dealkylation sites (N-methyl/N-ethyl adjacent to an activating group) is 1. The second kappa shape index (κ2) is 11.6. The molecule has 42 heavy (non-hydrogen) atoms. The van der Waals surface area contributed by atoms with Crippen LogP contribution < -0.4 is 10.2 Å². The summed E-state index contributed by atoms with van der Waals surface area (Å²) in [6.45, 7) is 5.88. The van der Waals surface area contributed by atoms with Crippen LogP contribution in [0.3, 0.4) is 0 Å². The average Bonchev–Trinajstić information content (AvgIpc) is 3.57. The van der Waals surface area contributed by atoms with Gasteiger partial charge in [0.15, 0.2) is 11.7 Å². The van der Waals surface area contributed by atoms with E-state index in [2.05, 4.69) is 49.3 Å². The van der Waals surface area contributed by atoms with E-state index >= 15 is 0 Å². The molecule has 1 aliphatic heterocycles. The molecular weight excluding hydrogens is 548 g/mol. The van der Waals surface area contributed by atoms with Crippen molar-refractivity contribution in [2.45, 2.75) is 6.92 Å². The molecule has 3 aromatic carbocycles. The first kappa shape index (κ1) is 27.4. The molecule has 0 aliphatic carbocycles. The van der Waals surface area contributed by atoms with Crippen LogP contribution in [0.15, 0.2) is 77.2 Å². The average molecular weight is 579 g/mol. The van der Waals surface area contributed by atoms with Gasteiger partial charge in [0.25, 0.3) is 5.91 Å². The number of hydrogen-bond donors (Lipinski definition) is 3. The number of rotatable bonds is 7. The molecule has 0 spiro atoms. The summed E-state index contributed by atoms with van der Waals surface area (Å²) >= 11 is 1.27. The quantitative estimate of drug-likeness (QED) is 0.171. The Kier molecular flexibility index (Phi) is 7.56. The molecule has 1 saturated heterocycles. The molecule has 0 radical (unpaired) electrons. The largest absolute Gasteiger partial charge is 0.494 e. The number of fused-ring (bicyclic) bond motifs is 1. The zero-order chi connectivity index (χ0) is 29.2. The van der Waals surface area contributed by atoms with Gasteiger partial charge in [0.2, 0.25) is 0 Å². The summed E-state index contributed by atoms with van der Waals surface area (Å²) in [5.41, 5.74) is 6.83. The summed E-state index contributed by atoms with van der Waals surface area (Å²) in [6, 6.07) is 20.2. The number of aromatic nitrogens is 2. The van der Waals surface area contributed by atoms with Crippen molar-refractivity contribution in [1.29, 1.82) is 0 Å². The summed E-state index contributed by atoms with van der Waals surface area (Å²) < 4.78 is 0. The van der Waals surface area contributed by atoms with Gasteiger partial charge in [0.1, 0.15) is 4.88 Å². The van der Waals surface area contributed by atoms with E-state index in [4.69, 9.17) is 0 Å². The second-order valence-corrected chi connectivity index (χ2v) is 11.2. The minimum atomic E-state index is -0.261. The molecule has 0 unspecified atom stereocenters. The van der Waals surface area contributed by atoms with Crippen LogP contribution in [0, 0.1) is 6.92 Å². The molecular formula is C32H30N6O3S. The number of hydrogen-bond acceptors (Lipinski definition) is 8. The van der Waals surface area contributed by atoms with Crippen LogP contribution in [0.4, 0.5) is 17.1 Å². The van der Waals surface area contributed by atoms with Crippen LogP contribution in [0.5, 0.6) is 5.88 Å². The summed E-state index contributed by atoms with van der Waals surface area (Å²) in [6.07, 6.45) is 1.64. The van der Waals surface area contributed by atoms with Gasteiger partial charge in [-0.3, -0.25) is 14.6 Å². The molecule has 1 aliphatic rings. The lowest BCUT2D eigenvalue weighted by molar-refractivity contribution is 0.102. The zero-order valence-electron chi connectivity index (χ0n) is 23.3. The predicted octanol–water partition coefficient (Wildman–Crippen LogP) is 5.62. The molecule has 3 heterocycles. The number of thiazole rings is 1. The first-order valence-electron chi connectivity index (χ1n) is 13.6. The number of nitrogens with zero attached hydrogens (tertiary/aromatic N) is 4. The number of anilines is 2. The molecule has 3 N–H and O–H groups in total. The van der Waals surface area contributed by atoms with Crippen LogP contribution in [-0.2, 0) is 0 Å². The van der Waals surface area contributed by atoms with E-state index in [0.29, 0.717) is 38.5 Å². The van der Waals surface area contributed by atoms with E-state index in [-0.39, 0.29) is 17.6 Å². The fourth-order valence-electron chi connectivity index (χ4n) is 5.04. The topological polar surface area (TPSA) is 114 Å². The third-order valence-corrected chi connectivity index (χ3v) is 8.40. The van der Waals surface area contributed by atoms with E-state index in [1.54, 1.807) is 61.1 Å². The van der Waals surface area contributed by atoms with Crippen molar-refractivity contribution >= 4 is 57.2 Å². The van der Waals surface area contributed by atoms with Crippen molar-refractivity contribution in [3.05, 3.63) is 99.5 Å². The predicted molar refractivity (Wildman–Crippen MR) is 168 cm³/mol. The number of amides is 1. The van der Waals surface area contributed by atoms with Gasteiger partial charge in [0, 0.05) is 65.8 Å². The van der Waals surface area contributed by atoms with E-state index < -0.39 is 0 Å². The van der Waals surface area contributed by atoms with Crippen molar-refractivity contribution in [3.63, 3.8) is 0 Å². The van der Waals surface area contributed by atoms with Crippen LogP contribution in [0.25, 0.3) is 10.9 Å². The fraction of sp³-hybridized carbons (Fsp3) is 0.188. The Morgan fingerprint density at radius 1 is 1.02 bits per heavy atom. The number of H-pyrrole nitrogens is 1. The Balaban J connectivity index is 1.17.